The average Bonchev–Trinajstić information content (AvgIpc) is 2.53. The molecule has 2 rings (SSSR count). The van der Waals surface area contributed by atoms with Gasteiger partial charge in [0.1, 0.15) is 5.82 Å². The highest BCUT2D eigenvalue weighted by atomic mass is 32.2. The standard InChI is InChI=1S/C18H22FN3O3S/c1-12(14-7-6-8-15(11-14)22-26(3,24)25)20-18(23)21-13(2)16-9-4-5-10-17(16)19/h4-13,22H,1-3H3,(H2,20,21,23)/t12-,13-/m1/s1. The summed E-state index contributed by atoms with van der Waals surface area (Å²) in [5.41, 5.74) is 1.54. The van der Waals surface area contributed by atoms with Gasteiger partial charge in [0, 0.05) is 11.3 Å². The summed E-state index contributed by atoms with van der Waals surface area (Å²) in [6.07, 6.45) is 1.07. The second kappa shape index (κ2) is 8.18. The molecule has 0 saturated carbocycles. The molecule has 0 saturated heterocycles. The molecule has 0 fully saturated rings. The highest BCUT2D eigenvalue weighted by Gasteiger charge is 2.15. The van der Waals surface area contributed by atoms with Crippen molar-refractivity contribution in [2.45, 2.75) is 25.9 Å². The van der Waals surface area contributed by atoms with Gasteiger partial charge in [-0.05, 0) is 37.6 Å². The zero-order chi connectivity index (χ0) is 19.3. The van der Waals surface area contributed by atoms with E-state index >= 15 is 0 Å². The maximum atomic E-state index is 13.8. The summed E-state index contributed by atoms with van der Waals surface area (Å²) in [7, 11) is -3.38. The van der Waals surface area contributed by atoms with Crippen LogP contribution in [0.25, 0.3) is 0 Å². The second-order valence-electron chi connectivity index (χ2n) is 6.08. The summed E-state index contributed by atoms with van der Waals surface area (Å²) in [6.45, 7) is 3.46. The third-order valence-corrected chi connectivity index (χ3v) is 4.36. The lowest BCUT2D eigenvalue weighted by Gasteiger charge is -2.19. The van der Waals surface area contributed by atoms with Crippen LogP contribution in [-0.4, -0.2) is 20.7 Å². The van der Waals surface area contributed by atoms with Crippen molar-refractivity contribution in [2.24, 2.45) is 0 Å². The minimum absolute atomic E-state index is 0.371. The quantitative estimate of drug-likeness (QED) is 0.719. The van der Waals surface area contributed by atoms with Gasteiger partial charge in [-0.2, -0.15) is 0 Å². The van der Waals surface area contributed by atoms with Crippen molar-refractivity contribution in [3.8, 4) is 0 Å². The first-order chi connectivity index (χ1) is 12.2. The fourth-order valence-corrected chi connectivity index (χ4v) is 3.06. The summed E-state index contributed by atoms with van der Waals surface area (Å²) in [5, 5.41) is 5.45. The Labute approximate surface area is 152 Å². The Morgan fingerprint density at radius 3 is 2.31 bits per heavy atom. The molecule has 6 nitrogen and oxygen atoms in total. The first-order valence-electron chi connectivity index (χ1n) is 8.05. The van der Waals surface area contributed by atoms with Crippen LogP contribution in [0.1, 0.15) is 37.1 Å². The molecule has 0 radical (unpaired) electrons. The zero-order valence-electron chi connectivity index (χ0n) is 14.8. The van der Waals surface area contributed by atoms with E-state index in [2.05, 4.69) is 15.4 Å². The number of hydrogen-bond acceptors (Lipinski definition) is 3. The molecular formula is C18H22FN3O3S. The highest BCUT2D eigenvalue weighted by Crippen LogP contribution is 2.19. The summed E-state index contributed by atoms with van der Waals surface area (Å²) in [6, 6.07) is 11.7. The number of nitrogens with one attached hydrogen (secondary N) is 3. The molecule has 3 N–H and O–H groups in total. The number of anilines is 1. The van der Waals surface area contributed by atoms with Crippen molar-refractivity contribution in [3.63, 3.8) is 0 Å². The molecule has 0 aromatic heterocycles. The lowest BCUT2D eigenvalue weighted by molar-refractivity contribution is 0.234. The molecule has 0 unspecified atom stereocenters. The molecule has 26 heavy (non-hydrogen) atoms. The van der Waals surface area contributed by atoms with E-state index in [0.717, 1.165) is 11.8 Å². The van der Waals surface area contributed by atoms with E-state index in [-0.39, 0.29) is 11.9 Å². The maximum Gasteiger partial charge on any atom is 0.315 e. The monoisotopic (exact) mass is 379 g/mol. The SMILES string of the molecule is C[C@@H](NC(=O)N[C@H](C)c1ccccc1F)c1cccc(NS(C)(=O)=O)c1. The van der Waals surface area contributed by atoms with Crippen molar-refractivity contribution in [3.05, 3.63) is 65.5 Å². The molecule has 0 aliphatic carbocycles. The van der Waals surface area contributed by atoms with Gasteiger partial charge in [0.15, 0.2) is 0 Å². The Morgan fingerprint density at radius 1 is 1.00 bits per heavy atom. The molecule has 2 aromatic carbocycles. The van der Waals surface area contributed by atoms with Crippen LogP contribution in [0.3, 0.4) is 0 Å². The Kier molecular flexibility index (Phi) is 6.20. The number of sulfonamides is 1. The van der Waals surface area contributed by atoms with Gasteiger partial charge in [0.05, 0.1) is 18.3 Å². The molecule has 2 atom stereocenters. The van der Waals surface area contributed by atoms with Crippen molar-refractivity contribution in [1.82, 2.24) is 10.6 Å². The first kappa shape index (κ1) is 19.7. The molecule has 0 aliphatic rings. The van der Waals surface area contributed by atoms with Gasteiger partial charge in [-0.25, -0.2) is 17.6 Å². The number of halogens is 1. The number of benzene rings is 2. The fourth-order valence-electron chi connectivity index (χ4n) is 2.51. The minimum Gasteiger partial charge on any atom is -0.332 e. The lowest BCUT2D eigenvalue weighted by Crippen LogP contribution is -2.38. The Hall–Kier alpha value is -2.61. The molecule has 140 valence electrons. The second-order valence-corrected chi connectivity index (χ2v) is 7.83. The van der Waals surface area contributed by atoms with Gasteiger partial charge in [0.2, 0.25) is 10.0 Å². The van der Waals surface area contributed by atoms with Gasteiger partial charge in [-0.15, -0.1) is 0 Å². The van der Waals surface area contributed by atoms with Gasteiger partial charge < -0.3 is 10.6 Å². The predicted octanol–water partition coefficient (Wildman–Crippen LogP) is 3.32. The molecule has 8 heteroatoms. The van der Waals surface area contributed by atoms with Crippen LogP contribution in [0, 0.1) is 5.82 Å². The smallest absolute Gasteiger partial charge is 0.315 e. The molecule has 2 amide bonds. The molecule has 0 heterocycles. The number of amides is 2. The van der Waals surface area contributed by atoms with Crippen molar-refractivity contribution < 1.29 is 17.6 Å². The van der Waals surface area contributed by atoms with Gasteiger partial charge in [-0.3, -0.25) is 4.72 Å². The maximum absolute atomic E-state index is 13.8. The van der Waals surface area contributed by atoms with E-state index in [1.807, 2.05) is 0 Å². The van der Waals surface area contributed by atoms with E-state index in [1.54, 1.807) is 56.3 Å². The first-order valence-corrected chi connectivity index (χ1v) is 9.94. The summed E-state index contributed by atoms with van der Waals surface area (Å²) >= 11 is 0. The van der Waals surface area contributed by atoms with Crippen LogP contribution in [0.2, 0.25) is 0 Å². The van der Waals surface area contributed by atoms with Crippen molar-refractivity contribution in [2.75, 3.05) is 11.0 Å². The van der Waals surface area contributed by atoms with E-state index in [4.69, 9.17) is 0 Å². The normalized spacial score (nSPS) is 13.5. The van der Waals surface area contributed by atoms with Crippen molar-refractivity contribution >= 4 is 21.7 Å². The molecular weight excluding hydrogens is 357 g/mol. The average molecular weight is 379 g/mol. The van der Waals surface area contributed by atoms with Crippen LogP contribution in [-0.2, 0) is 10.0 Å². The number of carbonyl (C=O) groups excluding carboxylic acids is 1. The number of hydrogen-bond donors (Lipinski definition) is 3. The minimum atomic E-state index is -3.38. The largest absolute Gasteiger partial charge is 0.332 e. The number of carbonyl (C=O) groups is 1. The molecule has 0 bridgehead atoms. The van der Waals surface area contributed by atoms with E-state index in [9.17, 15) is 17.6 Å². The number of rotatable bonds is 6. The van der Waals surface area contributed by atoms with E-state index in [1.165, 1.54) is 6.07 Å². The summed E-state index contributed by atoms with van der Waals surface area (Å²) in [4.78, 5) is 12.2. The van der Waals surface area contributed by atoms with E-state index < -0.39 is 22.1 Å². The summed E-state index contributed by atoms with van der Waals surface area (Å²) in [5.74, 6) is -0.382. The fraction of sp³-hybridized carbons (Fsp3) is 0.278. The van der Waals surface area contributed by atoms with Gasteiger partial charge in [-0.1, -0.05) is 30.3 Å². The van der Waals surface area contributed by atoms with Crippen LogP contribution >= 0.6 is 0 Å². The number of urea groups is 1. The molecule has 0 aliphatic heterocycles. The van der Waals surface area contributed by atoms with Crippen LogP contribution in [0.15, 0.2) is 48.5 Å². The van der Waals surface area contributed by atoms with Crippen LogP contribution in [0.4, 0.5) is 14.9 Å². The zero-order valence-corrected chi connectivity index (χ0v) is 15.6. The Morgan fingerprint density at radius 2 is 1.65 bits per heavy atom. The summed E-state index contributed by atoms with van der Waals surface area (Å²) < 4.78 is 38.8. The molecule has 2 aromatic rings. The van der Waals surface area contributed by atoms with Crippen LogP contribution in [0.5, 0.6) is 0 Å². The van der Waals surface area contributed by atoms with E-state index in [0.29, 0.717) is 11.3 Å². The van der Waals surface area contributed by atoms with Crippen LogP contribution < -0.4 is 15.4 Å². The third-order valence-electron chi connectivity index (χ3n) is 3.76. The van der Waals surface area contributed by atoms with Gasteiger partial charge >= 0.3 is 6.03 Å². The predicted molar refractivity (Wildman–Crippen MR) is 99.8 cm³/mol. The molecule has 0 spiro atoms. The lowest BCUT2D eigenvalue weighted by atomic mass is 10.1. The topological polar surface area (TPSA) is 87.3 Å². The van der Waals surface area contributed by atoms with Crippen molar-refractivity contribution in [1.29, 1.82) is 0 Å². The Balaban J connectivity index is 2.01. The third kappa shape index (κ3) is 5.73. The highest BCUT2D eigenvalue weighted by molar-refractivity contribution is 7.92. The Bertz CT molecular complexity index is 887. The van der Waals surface area contributed by atoms with Gasteiger partial charge in [0.25, 0.3) is 0 Å².